The fourth-order valence-electron chi connectivity index (χ4n) is 2.87. The van der Waals surface area contributed by atoms with Crippen molar-refractivity contribution < 1.29 is 32.9 Å². The minimum Gasteiger partial charge on any atom is -0.493 e. The van der Waals surface area contributed by atoms with Crippen LogP contribution in [-0.4, -0.2) is 37.4 Å². The van der Waals surface area contributed by atoms with E-state index < -0.39 is 17.6 Å². The summed E-state index contributed by atoms with van der Waals surface area (Å²) >= 11 is 0. The van der Waals surface area contributed by atoms with Crippen molar-refractivity contribution in [3.8, 4) is 28.5 Å². The van der Waals surface area contributed by atoms with Crippen LogP contribution in [-0.2, 0) is 0 Å². The number of fused-ring (bicyclic) bond motifs is 1. The molecular weight excluding hydrogens is 360 g/mol. The third-order valence-electron chi connectivity index (χ3n) is 4.04. The van der Waals surface area contributed by atoms with Crippen molar-refractivity contribution in [2.75, 3.05) is 21.3 Å². The molecule has 0 radical (unpaired) electrons. The molecule has 0 aliphatic rings. The van der Waals surface area contributed by atoms with Crippen molar-refractivity contribution in [2.45, 2.75) is 0 Å². The first kappa shape index (κ1) is 18.4. The third kappa shape index (κ3) is 3.10. The highest BCUT2D eigenvalue weighted by Gasteiger charge is 2.24. The highest BCUT2D eigenvalue weighted by molar-refractivity contribution is 6.08. The topological polar surface area (TPSA) is 77.9 Å². The zero-order valence-electron chi connectivity index (χ0n) is 14.7. The molecule has 6 nitrogen and oxygen atoms in total. The van der Waals surface area contributed by atoms with Gasteiger partial charge in [0, 0.05) is 17.7 Å². The van der Waals surface area contributed by atoms with Gasteiger partial charge in [-0.05, 0) is 18.2 Å². The number of carboxylic acids is 1. The molecule has 3 aromatic rings. The van der Waals surface area contributed by atoms with E-state index in [1.54, 1.807) is 0 Å². The van der Waals surface area contributed by atoms with Gasteiger partial charge in [-0.1, -0.05) is 0 Å². The molecule has 0 bridgehead atoms. The molecule has 0 unspecified atom stereocenters. The van der Waals surface area contributed by atoms with Gasteiger partial charge in [-0.2, -0.15) is 0 Å². The van der Waals surface area contributed by atoms with Crippen molar-refractivity contribution in [1.29, 1.82) is 0 Å². The average Bonchev–Trinajstić information content (AvgIpc) is 2.65. The Morgan fingerprint density at radius 3 is 2.26 bits per heavy atom. The van der Waals surface area contributed by atoms with Crippen LogP contribution >= 0.6 is 0 Å². The van der Waals surface area contributed by atoms with Gasteiger partial charge in [0.2, 0.25) is 5.75 Å². The summed E-state index contributed by atoms with van der Waals surface area (Å²) in [6.07, 6.45) is 0. The number of carbonyl (C=O) groups is 1. The van der Waals surface area contributed by atoms with Gasteiger partial charge in [0.1, 0.15) is 11.6 Å². The van der Waals surface area contributed by atoms with Gasteiger partial charge in [0.25, 0.3) is 0 Å². The van der Waals surface area contributed by atoms with Gasteiger partial charge >= 0.3 is 5.97 Å². The van der Waals surface area contributed by atoms with E-state index in [1.165, 1.54) is 39.5 Å². The van der Waals surface area contributed by atoms with Crippen LogP contribution < -0.4 is 14.2 Å². The number of pyridine rings is 1. The van der Waals surface area contributed by atoms with E-state index in [4.69, 9.17) is 14.2 Å². The second-order valence-electron chi connectivity index (χ2n) is 5.52. The van der Waals surface area contributed by atoms with Crippen molar-refractivity contribution in [1.82, 2.24) is 4.98 Å². The van der Waals surface area contributed by atoms with E-state index >= 15 is 0 Å². The van der Waals surface area contributed by atoms with E-state index in [-0.39, 0.29) is 45.0 Å². The number of halogens is 2. The van der Waals surface area contributed by atoms with Crippen LogP contribution in [0.15, 0.2) is 30.3 Å². The van der Waals surface area contributed by atoms with Gasteiger partial charge < -0.3 is 19.3 Å². The fourth-order valence-corrected chi connectivity index (χ4v) is 2.87. The van der Waals surface area contributed by atoms with E-state index in [0.29, 0.717) is 6.07 Å². The lowest BCUT2D eigenvalue weighted by Crippen LogP contribution is -2.04. The summed E-state index contributed by atoms with van der Waals surface area (Å²) < 4.78 is 43.3. The Kier molecular flexibility index (Phi) is 4.81. The number of hydrogen-bond donors (Lipinski definition) is 1. The first-order valence-corrected chi connectivity index (χ1v) is 7.73. The molecule has 0 aliphatic heterocycles. The van der Waals surface area contributed by atoms with E-state index in [1.807, 2.05) is 0 Å². The number of rotatable bonds is 5. The lowest BCUT2D eigenvalue weighted by atomic mass is 10.0. The standard InChI is InChI=1S/C19H15F2NO5/c1-25-15-8-14-16(18(27-3)17(15)26-2)11(19(23)24)7-13(22-14)10-5-4-9(20)6-12(10)21/h4-8H,1-3H3,(H,23,24). The summed E-state index contributed by atoms with van der Waals surface area (Å²) in [5.74, 6) is -2.27. The van der Waals surface area contributed by atoms with Gasteiger partial charge in [-0.3, -0.25) is 0 Å². The Balaban J connectivity index is 2.42. The highest BCUT2D eigenvalue weighted by atomic mass is 19.1. The van der Waals surface area contributed by atoms with Crippen LogP contribution in [0.1, 0.15) is 10.4 Å². The molecule has 0 aliphatic carbocycles. The van der Waals surface area contributed by atoms with Crippen molar-refractivity contribution in [3.63, 3.8) is 0 Å². The zero-order valence-corrected chi connectivity index (χ0v) is 14.7. The fraction of sp³-hybridized carbons (Fsp3) is 0.158. The number of nitrogens with zero attached hydrogens (tertiary/aromatic N) is 1. The lowest BCUT2D eigenvalue weighted by Gasteiger charge is -2.16. The lowest BCUT2D eigenvalue weighted by molar-refractivity contribution is 0.0698. The molecule has 1 heterocycles. The number of aromatic carboxylic acids is 1. The maximum absolute atomic E-state index is 14.2. The normalized spacial score (nSPS) is 10.7. The molecule has 1 N–H and O–H groups in total. The minimum atomic E-state index is -1.27. The number of ether oxygens (including phenoxy) is 3. The highest BCUT2D eigenvalue weighted by Crippen LogP contribution is 2.45. The SMILES string of the molecule is COc1cc2nc(-c3ccc(F)cc3F)cc(C(=O)O)c2c(OC)c1OC. The Bertz CT molecular complexity index is 1050. The van der Waals surface area contributed by atoms with E-state index in [0.717, 1.165) is 6.07 Å². The smallest absolute Gasteiger partial charge is 0.336 e. The Hall–Kier alpha value is -3.42. The molecule has 8 heteroatoms. The molecule has 0 saturated heterocycles. The van der Waals surface area contributed by atoms with Crippen molar-refractivity contribution in [3.05, 3.63) is 47.5 Å². The number of benzene rings is 2. The number of carboxylic acid groups (broad SMARTS) is 1. The molecule has 0 saturated carbocycles. The van der Waals surface area contributed by atoms with E-state index in [9.17, 15) is 18.7 Å². The number of methoxy groups -OCH3 is 3. The molecule has 0 spiro atoms. The number of aromatic nitrogens is 1. The van der Waals surface area contributed by atoms with Crippen molar-refractivity contribution >= 4 is 16.9 Å². The molecule has 3 rings (SSSR count). The van der Waals surface area contributed by atoms with Crippen LogP contribution in [0.3, 0.4) is 0 Å². The first-order valence-electron chi connectivity index (χ1n) is 7.73. The summed E-state index contributed by atoms with van der Waals surface area (Å²) in [5.41, 5.74) is 0.0286. The molecule has 0 fully saturated rings. The monoisotopic (exact) mass is 375 g/mol. The molecule has 140 valence electrons. The van der Waals surface area contributed by atoms with Gasteiger partial charge in [0.15, 0.2) is 11.5 Å². The minimum absolute atomic E-state index is 0.0328. The quantitative estimate of drug-likeness (QED) is 0.729. The number of hydrogen-bond acceptors (Lipinski definition) is 5. The Labute approximate surface area is 152 Å². The zero-order chi connectivity index (χ0) is 19.7. The van der Waals surface area contributed by atoms with Crippen LogP contribution in [0, 0.1) is 11.6 Å². The Morgan fingerprint density at radius 1 is 1.00 bits per heavy atom. The molecule has 0 amide bonds. The predicted molar refractivity (Wildman–Crippen MR) is 93.7 cm³/mol. The predicted octanol–water partition coefficient (Wildman–Crippen LogP) is 3.90. The maximum atomic E-state index is 14.2. The van der Waals surface area contributed by atoms with E-state index in [2.05, 4.69) is 4.98 Å². The second kappa shape index (κ2) is 7.06. The third-order valence-corrected chi connectivity index (χ3v) is 4.04. The van der Waals surface area contributed by atoms with Gasteiger partial charge in [-0.25, -0.2) is 18.6 Å². The van der Waals surface area contributed by atoms with Crippen LogP contribution in [0.5, 0.6) is 17.2 Å². The van der Waals surface area contributed by atoms with Gasteiger partial charge in [0.05, 0.1) is 43.5 Å². The summed E-state index contributed by atoms with van der Waals surface area (Å²) in [5, 5.41) is 9.84. The molecule has 1 aromatic heterocycles. The van der Waals surface area contributed by atoms with Crippen LogP contribution in [0.2, 0.25) is 0 Å². The molecule has 2 aromatic carbocycles. The van der Waals surface area contributed by atoms with Crippen LogP contribution in [0.25, 0.3) is 22.2 Å². The maximum Gasteiger partial charge on any atom is 0.336 e. The summed E-state index contributed by atoms with van der Waals surface area (Å²) in [4.78, 5) is 16.2. The second-order valence-corrected chi connectivity index (χ2v) is 5.52. The van der Waals surface area contributed by atoms with Crippen molar-refractivity contribution in [2.24, 2.45) is 0 Å². The van der Waals surface area contributed by atoms with Crippen LogP contribution in [0.4, 0.5) is 8.78 Å². The Morgan fingerprint density at radius 2 is 1.70 bits per heavy atom. The largest absolute Gasteiger partial charge is 0.493 e. The molecule has 27 heavy (non-hydrogen) atoms. The summed E-state index contributed by atoms with van der Waals surface area (Å²) in [6, 6.07) is 5.64. The van der Waals surface area contributed by atoms with Gasteiger partial charge in [-0.15, -0.1) is 0 Å². The first-order chi connectivity index (χ1) is 12.9. The average molecular weight is 375 g/mol. The summed E-state index contributed by atoms with van der Waals surface area (Å²) in [6.45, 7) is 0. The molecular formula is C19H15F2NO5. The molecule has 0 atom stereocenters. The summed E-state index contributed by atoms with van der Waals surface area (Å²) in [7, 11) is 4.16.